The molecule has 2 fully saturated rings. The van der Waals surface area contributed by atoms with Crippen LogP contribution in [-0.4, -0.2) is 29.8 Å². The van der Waals surface area contributed by atoms with Crippen molar-refractivity contribution in [1.29, 1.82) is 0 Å². The lowest BCUT2D eigenvalue weighted by Gasteiger charge is -2.30. The van der Waals surface area contributed by atoms with Crippen LogP contribution in [0.4, 0.5) is 4.79 Å². The lowest BCUT2D eigenvalue weighted by atomic mass is 10.2. The fourth-order valence-corrected chi connectivity index (χ4v) is 1.77. The summed E-state index contributed by atoms with van der Waals surface area (Å²) in [6, 6.07) is 0. The van der Waals surface area contributed by atoms with Crippen molar-refractivity contribution in [3.63, 3.8) is 0 Å². The number of fused-ring (bicyclic) bond motifs is 1. The summed E-state index contributed by atoms with van der Waals surface area (Å²) in [5, 5.41) is 1.61. The number of hydrogen-bond acceptors (Lipinski definition) is 3. The minimum Gasteiger partial charge on any atom is -0.443 e. The van der Waals surface area contributed by atoms with Gasteiger partial charge in [-0.15, -0.1) is 0 Å². The van der Waals surface area contributed by atoms with E-state index in [0.29, 0.717) is 5.92 Å². The van der Waals surface area contributed by atoms with E-state index in [1.54, 1.807) is 5.01 Å². The average molecular weight is 198 g/mol. The molecule has 0 aromatic carbocycles. The van der Waals surface area contributed by atoms with E-state index in [-0.39, 0.29) is 6.09 Å². The normalized spacial score (nSPS) is 30.9. The van der Waals surface area contributed by atoms with Gasteiger partial charge in [-0.3, -0.25) is 0 Å². The predicted octanol–water partition coefficient (Wildman–Crippen LogP) is 1.38. The van der Waals surface area contributed by atoms with E-state index in [0.717, 1.165) is 19.0 Å². The molecule has 1 aliphatic carbocycles. The molecule has 2 atom stereocenters. The van der Waals surface area contributed by atoms with Gasteiger partial charge in [0, 0.05) is 13.1 Å². The number of carbonyl (C=O) groups is 1. The van der Waals surface area contributed by atoms with Crippen molar-refractivity contribution in [1.82, 2.24) is 10.4 Å². The Balaban J connectivity index is 1.85. The van der Waals surface area contributed by atoms with Crippen LogP contribution in [0.5, 0.6) is 0 Å². The molecule has 80 valence electrons. The molecule has 14 heavy (non-hydrogen) atoms. The van der Waals surface area contributed by atoms with E-state index in [9.17, 15) is 4.79 Å². The molecule has 2 aliphatic rings. The molecule has 0 spiro atoms. The third kappa shape index (κ3) is 2.18. The van der Waals surface area contributed by atoms with Gasteiger partial charge in [0.2, 0.25) is 0 Å². The number of nitrogens with zero attached hydrogens (tertiary/aromatic N) is 1. The Bertz CT molecular complexity index is 247. The van der Waals surface area contributed by atoms with Crippen molar-refractivity contribution in [3.05, 3.63) is 0 Å². The summed E-state index contributed by atoms with van der Waals surface area (Å²) in [5.74, 6) is 1.51. The first-order valence-electron chi connectivity index (χ1n) is 5.20. The second kappa shape index (κ2) is 3.12. The minimum atomic E-state index is -0.404. The third-order valence-corrected chi connectivity index (χ3v) is 2.64. The topological polar surface area (TPSA) is 41.6 Å². The van der Waals surface area contributed by atoms with Gasteiger partial charge in [0.15, 0.2) is 0 Å². The predicted molar refractivity (Wildman–Crippen MR) is 52.5 cm³/mol. The molecule has 0 unspecified atom stereocenters. The van der Waals surface area contributed by atoms with Crippen molar-refractivity contribution in [2.24, 2.45) is 11.8 Å². The van der Waals surface area contributed by atoms with E-state index < -0.39 is 5.60 Å². The molecule has 2 rings (SSSR count). The maximum absolute atomic E-state index is 11.6. The second-order valence-electron chi connectivity index (χ2n) is 5.21. The average Bonchev–Trinajstić information content (AvgIpc) is 2.77. The molecule has 0 radical (unpaired) electrons. The highest BCUT2D eigenvalue weighted by Gasteiger charge is 2.43. The van der Waals surface area contributed by atoms with E-state index in [4.69, 9.17) is 4.74 Å². The fraction of sp³-hybridized carbons (Fsp3) is 0.900. The Morgan fingerprint density at radius 2 is 2.14 bits per heavy atom. The number of ether oxygens (including phenoxy) is 1. The molecule has 1 saturated heterocycles. The number of rotatable bonds is 0. The number of amides is 1. The Labute approximate surface area is 84.6 Å². The Morgan fingerprint density at radius 3 is 2.71 bits per heavy atom. The molecular weight excluding hydrogens is 180 g/mol. The van der Waals surface area contributed by atoms with E-state index in [1.165, 1.54) is 6.42 Å². The summed E-state index contributed by atoms with van der Waals surface area (Å²) in [7, 11) is 0. The second-order valence-corrected chi connectivity index (χ2v) is 5.21. The van der Waals surface area contributed by atoms with E-state index >= 15 is 0 Å². The van der Waals surface area contributed by atoms with Crippen molar-refractivity contribution >= 4 is 6.09 Å². The zero-order valence-corrected chi connectivity index (χ0v) is 9.04. The lowest BCUT2D eigenvalue weighted by molar-refractivity contribution is 0.00782. The molecule has 1 heterocycles. The summed E-state index contributed by atoms with van der Waals surface area (Å²) >= 11 is 0. The van der Waals surface area contributed by atoms with Gasteiger partial charge in [-0.05, 0) is 39.0 Å². The van der Waals surface area contributed by atoms with Gasteiger partial charge in [0.1, 0.15) is 5.60 Å². The summed E-state index contributed by atoms with van der Waals surface area (Å²) in [5.41, 5.74) is 2.69. The van der Waals surface area contributed by atoms with Crippen molar-refractivity contribution in [2.75, 3.05) is 13.1 Å². The molecule has 0 aromatic rings. The molecule has 1 amide bonds. The first kappa shape index (κ1) is 9.77. The molecule has 0 bridgehead atoms. The van der Waals surface area contributed by atoms with Gasteiger partial charge in [0.25, 0.3) is 0 Å². The van der Waals surface area contributed by atoms with Crippen LogP contribution in [0.3, 0.4) is 0 Å². The summed E-state index contributed by atoms with van der Waals surface area (Å²) in [6.45, 7) is 7.38. The van der Waals surface area contributed by atoms with Gasteiger partial charge in [-0.2, -0.15) is 0 Å². The highest BCUT2D eigenvalue weighted by atomic mass is 16.6. The number of hydrazine groups is 1. The van der Waals surface area contributed by atoms with E-state index in [1.807, 2.05) is 20.8 Å². The maximum atomic E-state index is 11.6. The van der Waals surface area contributed by atoms with Crippen LogP contribution in [0.1, 0.15) is 27.2 Å². The highest BCUT2D eigenvalue weighted by Crippen LogP contribution is 2.40. The first-order valence-corrected chi connectivity index (χ1v) is 5.20. The van der Waals surface area contributed by atoms with Gasteiger partial charge in [-0.25, -0.2) is 15.2 Å². The standard InChI is InChI=1S/C10H18N2O2/c1-10(2,3)14-9(13)12-6-8-4-7(8)5-11-12/h7-8,11H,4-6H2,1-3H3/t7-,8-/m0/s1. The quantitative estimate of drug-likeness (QED) is 0.639. The lowest BCUT2D eigenvalue weighted by Crippen LogP contribution is -2.50. The SMILES string of the molecule is CC(C)(C)OC(=O)N1C[C@@H]2C[C@H]2CN1. The Hall–Kier alpha value is -0.770. The van der Waals surface area contributed by atoms with Gasteiger partial charge in [-0.1, -0.05) is 0 Å². The molecule has 0 aromatic heterocycles. The van der Waals surface area contributed by atoms with Gasteiger partial charge in [0.05, 0.1) is 0 Å². The van der Waals surface area contributed by atoms with Crippen molar-refractivity contribution in [3.8, 4) is 0 Å². The highest BCUT2D eigenvalue weighted by molar-refractivity contribution is 5.67. The van der Waals surface area contributed by atoms with Gasteiger partial charge < -0.3 is 4.74 Å². The van der Waals surface area contributed by atoms with Crippen LogP contribution in [0.25, 0.3) is 0 Å². The fourth-order valence-electron chi connectivity index (χ4n) is 1.77. The number of carbonyl (C=O) groups excluding carboxylic acids is 1. The molecule has 4 nitrogen and oxygen atoms in total. The van der Waals surface area contributed by atoms with Crippen LogP contribution in [0, 0.1) is 11.8 Å². The minimum absolute atomic E-state index is 0.247. The molecule has 1 saturated carbocycles. The van der Waals surface area contributed by atoms with Gasteiger partial charge >= 0.3 is 6.09 Å². The van der Waals surface area contributed by atoms with Crippen molar-refractivity contribution in [2.45, 2.75) is 32.8 Å². The van der Waals surface area contributed by atoms with Crippen LogP contribution in [-0.2, 0) is 4.74 Å². The summed E-state index contributed by atoms with van der Waals surface area (Å²) < 4.78 is 5.27. The molecular formula is C10H18N2O2. The monoisotopic (exact) mass is 198 g/mol. The molecule has 1 N–H and O–H groups in total. The Morgan fingerprint density at radius 1 is 1.43 bits per heavy atom. The maximum Gasteiger partial charge on any atom is 0.424 e. The Kier molecular flexibility index (Phi) is 2.18. The van der Waals surface area contributed by atoms with Crippen molar-refractivity contribution < 1.29 is 9.53 Å². The van der Waals surface area contributed by atoms with E-state index in [2.05, 4.69) is 5.43 Å². The third-order valence-electron chi connectivity index (χ3n) is 2.64. The summed E-state index contributed by atoms with van der Waals surface area (Å²) in [4.78, 5) is 11.6. The zero-order valence-electron chi connectivity index (χ0n) is 9.04. The first-order chi connectivity index (χ1) is 6.46. The number of hydrogen-bond donors (Lipinski definition) is 1. The zero-order chi connectivity index (χ0) is 10.3. The largest absolute Gasteiger partial charge is 0.443 e. The number of nitrogens with one attached hydrogen (secondary N) is 1. The molecule has 4 heteroatoms. The van der Waals surface area contributed by atoms with Crippen LogP contribution >= 0.6 is 0 Å². The smallest absolute Gasteiger partial charge is 0.424 e. The van der Waals surface area contributed by atoms with Crippen LogP contribution < -0.4 is 5.43 Å². The van der Waals surface area contributed by atoms with Crippen LogP contribution in [0.15, 0.2) is 0 Å². The van der Waals surface area contributed by atoms with Crippen LogP contribution in [0.2, 0.25) is 0 Å². The summed E-state index contributed by atoms with van der Waals surface area (Å²) in [6.07, 6.45) is 1.01. The molecule has 1 aliphatic heterocycles.